The standard InChI is InChI=1S/C18H19N.C2H6/c1-4-7-15(5-2)16-8-6-9-17(12-16)18-11-10-14(3)13-19-18;1-2/h4-12,19H,1-2,13H2,3H3;1-2H3/b15-7+;. The lowest BCUT2D eigenvalue weighted by molar-refractivity contribution is 0.941. The van der Waals surface area contributed by atoms with Crippen molar-refractivity contribution in [1.29, 1.82) is 0 Å². The molecule has 0 spiro atoms. The molecule has 1 heterocycles. The van der Waals surface area contributed by atoms with E-state index in [1.807, 2.05) is 26.0 Å². The summed E-state index contributed by atoms with van der Waals surface area (Å²) >= 11 is 0. The van der Waals surface area contributed by atoms with Crippen LogP contribution >= 0.6 is 0 Å². The number of benzene rings is 1. The van der Waals surface area contributed by atoms with Crippen LogP contribution in [0.4, 0.5) is 0 Å². The first-order valence-corrected chi connectivity index (χ1v) is 7.42. The molecule has 0 aromatic heterocycles. The summed E-state index contributed by atoms with van der Waals surface area (Å²) in [6.07, 6.45) is 9.90. The van der Waals surface area contributed by atoms with E-state index < -0.39 is 0 Å². The number of nitrogens with one attached hydrogen (secondary N) is 1. The van der Waals surface area contributed by atoms with Crippen molar-refractivity contribution in [3.05, 3.63) is 84.5 Å². The molecule has 0 saturated heterocycles. The van der Waals surface area contributed by atoms with E-state index in [0.717, 1.165) is 23.4 Å². The molecule has 0 amide bonds. The Bertz CT molecular complexity index is 586. The molecule has 2 rings (SSSR count). The summed E-state index contributed by atoms with van der Waals surface area (Å²) in [4.78, 5) is 0. The zero-order chi connectivity index (χ0) is 15.7. The second kappa shape index (κ2) is 8.80. The maximum absolute atomic E-state index is 3.85. The molecule has 1 heteroatoms. The molecule has 0 saturated carbocycles. The van der Waals surface area contributed by atoms with Crippen molar-refractivity contribution in [2.75, 3.05) is 6.54 Å². The normalized spacial score (nSPS) is 14.0. The van der Waals surface area contributed by atoms with Crippen LogP contribution in [0.3, 0.4) is 0 Å². The monoisotopic (exact) mass is 279 g/mol. The SMILES string of the molecule is C=C/C=C(\C=C)c1cccc(C2=CC=C(C)CN2)c1.CC. The summed E-state index contributed by atoms with van der Waals surface area (Å²) in [5.41, 5.74) is 5.94. The molecular weight excluding hydrogens is 254 g/mol. The topological polar surface area (TPSA) is 12.0 Å². The van der Waals surface area contributed by atoms with E-state index >= 15 is 0 Å². The van der Waals surface area contributed by atoms with Crippen LogP contribution in [0.2, 0.25) is 0 Å². The fraction of sp³-hybridized carbons (Fsp3) is 0.200. The van der Waals surface area contributed by atoms with Gasteiger partial charge in [-0.05, 0) is 35.8 Å². The van der Waals surface area contributed by atoms with Gasteiger partial charge >= 0.3 is 0 Å². The van der Waals surface area contributed by atoms with Gasteiger partial charge in [-0.3, -0.25) is 0 Å². The third-order valence-electron chi connectivity index (χ3n) is 3.12. The Morgan fingerprint density at radius 3 is 2.52 bits per heavy atom. The number of hydrogen-bond donors (Lipinski definition) is 1. The lowest BCUT2D eigenvalue weighted by Gasteiger charge is -2.16. The molecule has 1 aromatic carbocycles. The van der Waals surface area contributed by atoms with Gasteiger partial charge in [0.1, 0.15) is 0 Å². The molecule has 1 aliphatic rings. The molecule has 0 aliphatic carbocycles. The molecule has 0 bridgehead atoms. The predicted octanol–water partition coefficient (Wildman–Crippen LogP) is 5.36. The van der Waals surface area contributed by atoms with E-state index in [1.165, 1.54) is 11.1 Å². The zero-order valence-corrected chi connectivity index (χ0v) is 13.3. The van der Waals surface area contributed by atoms with Crippen molar-refractivity contribution in [3.8, 4) is 0 Å². The van der Waals surface area contributed by atoms with Gasteiger partial charge in [-0.2, -0.15) is 0 Å². The summed E-state index contributed by atoms with van der Waals surface area (Å²) < 4.78 is 0. The Morgan fingerprint density at radius 2 is 1.95 bits per heavy atom. The van der Waals surface area contributed by atoms with E-state index in [0.29, 0.717) is 0 Å². The van der Waals surface area contributed by atoms with Crippen molar-refractivity contribution in [1.82, 2.24) is 5.32 Å². The molecular formula is C20H25N. The van der Waals surface area contributed by atoms with Crippen molar-refractivity contribution >= 4 is 11.3 Å². The van der Waals surface area contributed by atoms with E-state index in [9.17, 15) is 0 Å². The van der Waals surface area contributed by atoms with Gasteiger partial charge in [-0.1, -0.05) is 75.1 Å². The predicted molar refractivity (Wildman–Crippen MR) is 95.9 cm³/mol. The highest BCUT2D eigenvalue weighted by Gasteiger charge is 2.06. The average molecular weight is 279 g/mol. The summed E-state index contributed by atoms with van der Waals surface area (Å²) in [5, 5.41) is 3.43. The first-order valence-electron chi connectivity index (χ1n) is 7.42. The molecule has 0 fully saturated rings. The Hall–Kier alpha value is -2.28. The first-order chi connectivity index (χ1) is 10.2. The Balaban J connectivity index is 0.00000106. The van der Waals surface area contributed by atoms with Gasteiger partial charge in [0.05, 0.1) is 0 Å². The van der Waals surface area contributed by atoms with Gasteiger partial charge in [0, 0.05) is 12.2 Å². The van der Waals surface area contributed by atoms with Gasteiger partial charge < -0.3 is 5.32 Å². The van der Waals surface area contributed by atoms with Gasteiger partial charge in [-0.15, -0.1) is 0 Å². The van der Waals surface area contributed by atoms with Crippen molar-refractivity contribution in [2.24, 2.45) is 0 Å². The van der Waals surface area contributed by atoms with E-state index in [4.69, 9.17) is 0 Å². The molecule has 0 unspecified atom stereocenters. The summed E-state index contributed by atoms with van der Waals surface area (Å²) in [6.45, 7) is 14.6. The first kappa shape index (κ1) is 16.8. The largest absolute Gasteiger partial charge is 0.381 e. The van der Waals surface area contributed by atoms with Crippen LogP contribution in [-0.2, 0) is 0 Å². The highest BCUT2D eigenvalue weighted by atomic mass is 14.9. The quantitative estimate of drug-likeness (QED) is 0.732. The van der Waals surface area contributed by atoms with Crippen LogP contribution in [-0.4, -0.2) is 6.54 Å². The molecule has 110 valence electrons. The highest BCUT2D eigenvalue weighted by Crippen LogP contribution is 2.22. The number of dihydropyridines is 1. The van der Waals surface area contributed by atoms with Crippen molar-refractivity contribution < 1.29 is 0 Å². The molecule has 1 nitrogen and oxygen atoms in total. The molecule has 1 aromatic rings. The lowest BCUT2D eigenvalue weighted by Crippen LogP contribution is -2.17. The highest BCUT2D eigenvalue weighted by molar-refractivity contribution is 5.78. The van der Waals surface area contributed by atoms with Crippen LogP contribution in [0, 0.1) is 0 Å². The fourth-order valence-corrected chi connectivity index (χ4v) is 2.05. The molecule has 21 heavy (non-hydrogen) atoms. The molecule has 0 atom stereocenters. The summed E-state index contributed by atoms with van der Waals surface area (Å²) in [7, 11) is 0. The third-order valence-corrected chi connectivity index (χ3v) is 3.12. The van der Waals surface area contributed by atoms with E-state index in [1.54, 1.807) is 6.08 Å². The Labute approximate surface area is 129 Å². The molecule has 0 radical (unpaired) electrons. The van der Waals surface area contributed by atoms with Gasteiger partial charge in [-0.25, -0.2) is 0 Å². The number of allylic oxidation sites excluding steroid dienone is 6. The summed E-state index contributed by atoms with van der Waals surface area (Å²) in [5.74, 6) is 0. The number of rotatable bonds is 4. The van der Waals surface area contributed by atoms with Crippen LogP contribution in [0.5, 0.6) is 0 Å². The lowest BCUT2D eigenvalue weighted by atomic mass is 10.00. The minimum Gasteiger partial charge on any atom is -0.381 e. The Kier molecular flexibility index (Phi) is 7.03. The zero-order valence-electron chi connectivity index (χ0n) is 13.3. The van der Waals surface area contributed by atoms with Crippen molar-refractivity contribution in [2.45, 2.75) is 20.8 Å². The van der Waals surface area contributed by atoms with Gasteiger partial charge in [0.15, 0.2) is 0 Å². The van der Waals surface area contributed by atoms with Crippen LogP contribution in [0.1, 0.15) is 31.9 Å². The maximum atomic E-state index is 3.85. The van der Waals surface area contributed by atoms with Crippen LogP contribution < -0.4 is 5.32 Å². The second-order valence-electron chi connectivity index (χ2n) is 4.59. The maximum Gasteiger partial charge on any atom is 0.0416 e. The molecule has 1 aliphatic heterocycles. The smallest absolute Gasteiger partial charge is 0.0416 e. The van der Waals surface area contributed by atoms with E-state index in [2.05, 4.69) is 61.8 Å². The number of hydrogen-bond acceptors (Lipinski definition) is 1. The van der Waals surface area contributed by atoms with E-state index in [-0.39, 0.29) is 0 Å². The van der Waals surface area contributed by atoms with Gasteiger partial charge in [0.25, 0.3) is 0 Å². The average Bonchev–Trinajstić information content (AvgIpc) is 2.55. The van der Waals surface area contributed by atoms with Crippen LogP contribution in [0.15, 0.2) is 73.4 Å². The molecule has 1 N–H and O–H groups in total. The minimum atomic E-state index is 0.910. The van der Waals surface area contributed by atoms with Crippen LogP contribution in [0.25, 0.3) is 11.3 Å². The summed E-state index contributed by atoms with van der Waals surface area (Å²) in [6, 6.07) is 8.44. The van der Waals surface area contributed by atoms with Gasteiger partial charge in [0.2, 0.25) is 0 Å². The fourth-order valence-electron chi connectivity index (χ4n) is 2.05. The second-order valence-corrected chi connectivity index (χ2v) is 4.59. The van der Waals surface area contributed by atoms with Crippen molar-refractivity contribution in [3.63, 3.8) is 0 Å². The minimum absolute atomic E-state index is 0.910. The third kappa shape index (κ3) is 4.64. The Morgan fingerprint density at radius 1 is 1.19 bits per heavy atom.